The van der Waals surface area contributed by atoms with E-state index in [0.29, 0.717) is 18.7 Å². The number of thioether (sulfide) groups is 1. The summed E-state index contributed by atoms with van der Waals surface area (Å²) in [7, 11) is -2.08. The number of rotatable bonds is 4. The normalized spacial score (nSPS) is 17.4. The van der Waals surface area contributed by atoms with Gasteiger partial charge in [0.05, 0.1) is 13.7 Å². The van der Waals surface area contributed by atoms with E-state index in [9.17, 15) is 8.42 Å². The van der Waals surface area contributed by atoms with E-state index >= 15 is 0 Å². The SMILES string of the molecule is COc1cc(CO)ccc1S(=O)(=O)N1CCSCC1. The maximum atomic E-state index is 12.5. The van der Waals surface area contributed by atoms with Crippen molar-refractivity contribution in [3.63, 3.8) is 0 Å². The number of methoxy groups -OCH3 is 1. The number of aliphatic hydroxyl groups excluding tert-OH is 1. The van der Waals surface area contributed by atoms with Crippen LogP contribution in [0.1, 0.15) is 5.56 Å². The van der Waals surface area contributed by atoms with Gasteiger partial charge in [-0.15, -0.1) is 0 Å². The van der Waals surface area contributed by atoms with Crippen LogP contribution in [0.2, 0.25) is 0 Å². The van der Waals surface area contributed by atoms with Crippen LogP contribution in [-0.2, 0) is 16.6 Å². The molecule has 0 amide bonds. The summed E-state index contributed by atoms with van der Waals surface area (Å²) < 4.78 is 31.7. The molecule has 2 rings (SSSR count). The van der Waals surface area contributed by atoms with Crippen LogP contribution < -0.4 is 4.74 Å². The lowest BCUT2D eigenvalue weighted by atomic mass is 10.2. The first kappa shape index (κ1) is 14.6. The Morgan fingerprint density at radius 3 is 2.63 bits per heavy atom. The van der Waals surface area contributed by atoms with Crippen LogP contribution in [0, 0.1) is 0 Å². The summed E-state index contributed by atoms with van der Waals surface area (Å²) in [4.78, 5) is 0.166. The number of aliphatic hydroxyl groups is 1. The maximum absolute atomic E-state index is 12.5. The molecule has 0 unspecified atom stereocenters. The van der Waals surface area contributed by atoms with Gasteiger partial charge in [-0.25, -0.2) is 8.42 Å². The Morgan fingerprint density at radius 2 is 2.05 bits per heavy atom. The molecule has 0 saturated carbocycles. The lowest BCUT2D eigenvalue weighted by Crippen LogP contribution is -2.38. The Hall–Kier alpha value is -0.760. The molecule has 1 aliphatic heterocycles. The molecule has 1 aromatic rings. The van der Waals surface area contributed by atoms with E-state index in [1.54, 1.807) is 23.9 Å². The van der Waals surface area contributed by atoms with Gasteiger partial charge < -0.3 is 9.84 Å². The Bertz CT molecular complexity index is 539. The lowest BCUT2D eigenvalue weighted by molar-refractivity contribution is 0.280. The van der Waals surface area contributed by atoms with Crippen LogP contribution in [0.25, 0.3) is 0 Å². The lowest BCUT2D eigenvalue weighted by Gasteiger charge is -2.26. The minimum atomic E-state index is -3.52. The van der Waals surface area contributed by atoms with Crippen molar-refractivity contribution < 1.29 is 18.3 Å². The smallest absolute Gasteiger partial charge is 0.246 e. The number of sulfonamides is 1. The molecule has 1 aliphatic rings. The van der Waals surface area contributed by atoms with E-state index in [4.69, 9.17) is 9.84 Å². The number of ether oxygens (including phenoxy) is 1. The van der Waals surface area contributed by atoms with E-state index in [2.05, 4.69) is 0 Å². The number of benzene rings is 1. The third-order valence-electron chi connectivity index (χ3n) is 3.00. The molecule has 1 fully saturated rings. The van der Waals surface area contributed by atoms with Crippen molar-refractivity contribution in [3.8, 4) is 5.75 Å². The molecule has 1 aromatic carbocycles. The molecule has 1 N–H and O–H groups in total. The van der Waals surface area contributed by atoms with Gasteiger partial charge in [0.1, 0.15) is 10.6 Å². The molecular formula is C12H17NO4S2. The second kappa shape index (κ2) is 6.13. The van der Waals surface area contributed by atoms with Crippen molar-refractivity contribution in [1.29, 1.82) is 0 Å². The summed E-state index contributed by atoms with van der Waals surface area (Å²) in [6.07, 6.45) is 0. The summed E-state index contributed by atoms with van der Waals surface area (Å²) >= 11 is 1.76. The average molecular weight is 303 g/mol. The molecule has 0 aromatic heterocycles. The molecule has 0 atom stereocenters. The highest BCUT2D eigenvalue weighted by molar-refractivity contribution is 7.99. The van der Waals surface area contributed by atoms with Crippen molar-refractivity contribution in [2.75, 3.05) is 31.7 Å². The highest BCUT2D eigenvalue weighted by Gasteiger charge is 2.28. The summed E-state index contributed by atoms with van der Waals surface area (Å²) in [6, 6.07) is 4.67. The third-order valence-corrected chi connectivity index (χ3v) is 5.88. The molecule has 106 valence electrons. The van der Waals surface area contributed by atoms with Crippen LogP contribution in [-0.4, -0.2) is 49.5 Å². The number of hydrogen-bond acceptors (Lipinski definition) is 5. The Morgan fingerprint density at radius 1 is 1.37 bits per heavy atom. The van der Waals surface area contributed by atoms with Crippen molar-refractivity contribution in [3.05, 3.63) is 23.8 Å². The van der Waals surface area contributed by atoms with Crippen molar-refractivity contribution in [1.82, 2.24) is 4.31 Å². The van der Waals surface area contributed by atoms with Gasteiger partial charge in [0, 0.05) is 24.6 Å². The predicted octanol–water partition coefficient (Wildman–Crippen LogP) is 0.925. The molecular weight excluding hydrogens is 286 g/mol. The molecule has 5 nitrogen and oxygen atoms in total. The number of hydrogen-bond donors (Lipinski definition) is 1. The number of nitrogens with zero attached hydrogens (tertiary/aromatic N) is 1. The van der Waals surface area contributed by atoms with Gasteiger partial charge in [0.25, 0.3) is 0 Å². The van der Waals surface area contributed by atoms with Gasteiger partial charge in [0.15, 0.2) is 0 Å². The Labute approximate surface area is 117 Å². The molecule has 0 radical (unpaired) electrons. The van der Waals surface area contributed by atoms with Crippen LogP contribution in [0.4, 0.5) is 0 Å². The summed E-state index contributed by atoms with van der Waals surface area (Å²) in [5.41, 5.74) is 0.630. The van der Waals surface area contributed by atoms with Gasteiger partial charge in [-0.1, -0.05) is 6.07 Å². The predicted molar refractivity (Wildman–Crippen MR) is 75.0 cm³/mol. The molecule has 0 spiro atoms. The van der Waals surface area contributed by atoms with Crippen LogP contribution in [0.5, 0.6) is 5.75 Å². The van der Waals surface area contributed by atoms with E-state index in [1.165, 1.54) is 17.5 Å². The third kappa shape index (κ3) is 3.05. The van der Waals surface area contributed by atoms with Crippen LogP contribution in [0.3, 0.4) is 0 Å². The fourth-order valence-corrected chi connectivity index (χ4v) is 4.66. The van der Waals surface area contributed by atoms with Crippen molar-refractivity contribution in [2.45, 2.75) is 11.5 Å². The van der Waals surface area contributed by atoms with Crippen molar-refractivity contribution >= 4 is 21.8 Å². The topological polar surface area (TPSA) is 66.8 Å². The highest BCUT2D eigenvalue weighted by Crippen LogP contribution is 2.29. The zero-order valence-corrected chi connectivity index (χ0v) is 12.3. The molecule has 1 saturated heterocycles. The van der Waals surface area contributed by atoms with Gasteiger partial charge >= 0.3 is 0 Å². The zero-order chi connectivity index (χ0) is 13.9. The largest absolute Gasteiger partial charge is 0.495 e. The average Bonchev–Trinajstić information content (AvgIpc) is 2.47. The minimum Gasteiger partial charge on any atom is -0.495 e. The first-order chi connectivity index (χ1) is 9.09. The monoisotopic (exact) mass is 303 g/mol. The Balaban J connectivity index is 2.39. The fourth-order valence-electron chi connectivity index (χ4n) is 1.95. The molecule has 0 aliphatic carbocycles. The second-order valence-corrected chi connectivity index (χ2v) is 7.29. The summed E-state index contributed by atoms with van der Waals surface area (Å²) in [5, 5.41) is 9.08. The second-order valence-electron chi connectivity index (χ2n) is 4.16. The first-order valence-corrected chi connectivity index (χ1v) is 8.54. The molecule has 7 heteroatoms. The van der Waals surface area contributed by atoms with Gasteiger partial charge in [0.2, 0.25) is 10.0 Å². The molecule has 19 heavy (non-hydrogen) atoms. The van der Waals surface area contributed by atoms with E-state index in [1.807, 2.05) is 0 Å². The zero-order valence-electron chi connectivity index (χ0n) is 10.7. The van der Waals surface area contributed by atoms with Crippen LogP contribution >= 0.6 is 11.8 Å². The van der Waals surface area contributed by atoms with Crippen LogP contribution in [0.15, 0.2) is 23.1 Å². The summed E-state index contributed by atoms with van der Waals surface area (Å²) in [6.45, 7) is 0.910. The fraction of sp³-hybridized carbons (Fsp3) is 0.500. The van der Waals surface area contributed by atoms with Gasteiger partial charge in [-0.3, -0.25) is 0 Å². The van der Waals surface area contributed by atoms with E-state index < -0.39 is 10.0 Å². The molecule has 0 bridgehead atoms. The van der Waals surface area contributed by atoms with E-state index in [0.717, 1.165) is 11.5 Å². The highest BCUT2D eigenvalue weighted by atomic mass is 32.2. The Kier molecular flexibility index (Phi) is 4.72. The standard InChI is InChI=1S/C12H17NO4S2/c1-17-11-8-10(9-14)2-3-12(11)19(15,16)13-4-6-18-7-5-13/h2-3,8,14H,4-7,9H2,1H3. The summed E-state index contributed by atoms with van der Waals surface area (Å²) in [5.74, 6) is 1.91. The van der Waals surface area contributed by atoms with Gasteiger partial charge in [-0.05, 0) is 17.7 Å². The van der Waals surface area contributed by atoms with Gasteiger partial charge in [-0.2, -0.15) is 16.1 Å². The maximum Gasteiger partial charge on any atom is 0.246 e. The quantitative estimate of drug-likeness (QED) is 0.896. The van der Waals surface area contributed by atoms with Crippen molar-refractivity contribution in [2.24, 2.45) is 0 Å². The minimum absolute atomic E-state index is 0.142. The first-order valence-electron chi connectivity index (χ1n) is 5.95. The van der Waals surface area contributed by atoms with E-state index in [-0.39, 0.29) is 17.3 Å². The molecule has 1 heterocycles.